The topological polar surface area (TPSA) is 83.1 Å². The average Bonchev–Trinajstić information content (AvgIpc) is 3.18. The van der Waals surface area contributed by atoms with E-state index in [4.69, 9.17) is 4.74 Å². The van der Waals surface area contributed by atoms with Gasteiger partial charge in [0.1, 0.15) is 23.4 Å². The zero-order chi connectivity index (χ0) is 23.2. The lowest BCUT2D eigenvalue weighted by Crippen LogP contribution is -2.11. The number of rotatable bonds is 9. The quantitative estimate of drug-likeness (QED) is 0.184. The Hall–Kier alpha value is -3.65. The van der Waals surface area contributed by atoms with E-state index in [1.54, 1.807) is 0 Å². The summed E-state index contributed by atoms with van der Waals surface area (Å²) in [5.74, 6) is 1.44. The molecule has 0 radical (unpaired) electrons. The average molecular weight is 461 g/mol. The zero-order valence-electron chi connectivity index (χ0n) is 18.4. The van der Waals surface area contributed by atoms with E-state index in [1.165, 1.54) is 11.8 Å². The molecule has 1 aromatic heterocycles. The number of benzene rings is 3. The summed E-state index contributed by atoms with van der Waals surface area (Å²) in [5, 5.41) is 20.1. The fraction of sp³-hybridized carbons (Fsp3) is 0.200. The summed E-state index contributed by atoms with van der Waals surface area (Å²) >= 11 is 1.34. The van der Waals surface area contributed by atoms with Gasteiger partial charge in [0.15, 0.2) is 5.16 Å². The molecule has 1 atom stereocenters. The smallest absolute Gasteiger partial charge is 0.220 e. The second-order valence-corrected chi connectivity index (χ2v) is 8.84. The van der Waals surface area contributed by atoms with Crippen LogP contribution in [0.1, 0.15) is 27.8 Å². The molecule has 3 aromatic carbocycles. The molecule has 0 aliphatic heterocycles. The number of nitro groups is 1. The van der Waals surface area contributed by atoms with Crippen LogP contribution in [0.25, 0.3) is 5.69 Å². The van der Waals surface area contributed by atoms with Gasteiger partial charge < -0.3 is 4.74 Å². The molecule has 0 aliphatic rings. The first-order chi connectivity index (χ1) is 16.0. The van der Waals surface area contributed by atoms with Gasteiger partial charge in [0, 0.05) is 10.6 Å². The zero-order valence-corrected chi connectivity index (χ0v) is 19.2. The SMILES string of the molecule is Cc1cccc(-n2c(C)nnc2S[C@@H](C[N+](=O)[O-])c2ccc(OCc3ccccc3)cc2)c1. The van der Waals surface area contributed by atoms with Crippen LogP contribution < -0.4 is 4.74 Å². The molecule has 4 rings (SSSR count). The number of aryl methyl sites for hydroxylation is 2. The molecule has 33 heavy (non-hydrogen) atoms. The van der Waals surface area contributed by atoms with Crippen molar-refractivity contribution in [1.82, 2.24) is 14.8 Å². The maximum atomic E-state index is 11.4. The lowest BCUT2D eigenvalue weighted by Gasteiger charge is -2.15. The molecule has 0 unspecified atom stereocenters. The fourth-order valence-corrected chi connectivity index (χ4v) is 4.65. The largest absolute Gasteiger partial charge is 0.489 e. The third-order valence-electron chi connectivity index (χ3n) is 5.12. The summed E-state index contributed by atoms with van der Waals surface area (Å²) in [6, 6.07) is 25.4. The van der Waals surface area contributed by atoms with Crippen molar-refractivity contribution in [2.45, 2.75) is 30.9 Å². The predicted molar refractivity (Wildman–Crippen MR) is 129 cm³/mol. The number of ether oxygens (including phenoxy) is 1. The lowest BCUT2D eigenvalue weighted by atomic mass is 10.1. The summed E-state index contributed by atoms with van der Waals surface area (Å²) in [5.41, 5.74) is 3.96. The Morgan fingerprint density at radius 2 is 1.76 bits per heavy atom. The van der Waals surface area contributed by atoms with Crippen molar-refractivity contribution < 1.29 is 9.66 Å². The van der Waals surface area contributed by atoms with Crippen LogP contribution in [0.4, 0.5) is 0 Å². The third kappa shape index (κ3) is 5.78. The highest BCUT2D eigenvalue weighted by Gasteiger charge is 2.24. The number of nitrogens with zero attached hydrogens (tertiary/aromatic N) is 4. The van der Waals surface area contributed by atoms with Crippen LogP contribution in [0.3, 0.4) is 0 Å². The van der Waals surface area contributed by atoms with Gasteiger partial charge in [0.05, 0.1) is 0 Å². The first-order valence-corrected chi connectivity index (χ1v) is 11.4. The van der Waals surface area contributed by atoms with Gasteiger partial charge in [-0.3, -0.25) is 14.7 Å². The van der Waals surface area contributed by atoms with Crippen molar-refractivity contribution in [2.75, 3.05) is 6.54 Å². The molecule has 0 spiro atoms. The van der Waals surface area contributed by atoms with Crippen LogP contribution in [-0.4, -0.2) is 26.2 Å². The van der Waals surface area contributed by atoms with Crippen molar-refractivity contribution in [1.29, 1.82) is 0 Å². The van der Waals surface area contributed by atoms with Crippen LogP contribution in [0, 0.1) is 24.0 Å². The molecule has 7 nitrogen and oxygen atoms in total. The Kier molecular flexibility index (Phi) is 7.04. The minimum absolute atomic E-state index is 0.228. The van der Waals surface area contributed by atoms with E-state index in [0.717, 1.165) is 28.2 Å². The van der Waals surface area contributed by atoms with Crippen LogP contribution in [0.5, 0.6) is 5.75 Å². The molecule has 8 heteroatoms. The minimum atomic E-state index is -0.421. The van der Waals surface area contributed by atoms with Crippen molar-refractivity contribution in [3.63, 3.8) is 0 Å². The Bertz CT molecular complexity index is 1230. The maximum Gasteiger partial charge on any atom is 0.220 e. The maximum absolute atomic E-state index is 11.4. The molecule has 0 N–H and O–H groups in total. The number of thioether (sulfide) groups is 1. The van der Waals surface area contributed by atoms with E-state index >= 15 is 0 Å². The first kappa shape index (κ1) is 22.5. The van der Waals surface area contributed by atoms with Gasteiger partial charge in [-0.1, -0.05) is 66.4 Å². The lowest BCUT2D eigenvalue weighted by molar-refractivity contribution is -0.479. The molecule has 0 saturated carbocycles. The number of hydrogen-bond acceptors (Lipinski definition) is 6. The minimum Gasteiger partial charge on any atom is -0.489 e. The Morgan fingerprint density at radius 3 is 2.45 bits per heavy atom. The van der Waals surface area contributed by atoms with E-state index < -0.39 is 5.25 Å². The Balaban J connectivity index is 1.54. The fourth-order valence-electron chi connectivity index (χ4n) is 3.48. The van der Waals surface area contributed by atoms with E-state index in [1.807, 2.05) is 97.3 Å². The summed E-state index contributed by atoms with van der Waals surface area (Å²) in [6.07, 6.45) is 0. The molecular weight excluding hydrogens is 436 g/mol. The molecule has 4 aromatic rings. The van der Waals surface area contributed by atoms with Crippen LogP contribution in [0.15, 0.2) is 84.0 Å². The molecule has 0 amide bonds. The van der Waals surface area contributed by atoms with Crippen LogP contribution in [-0.2, 0) is 6.61 Å². The summed E-state index contributed by atoms with van der Waals surface area (Å²) in [4.78, 5) is 11.1. The van der Waals surface area contributed by atoms with Crippen molar-refractivity contribution in [3.05, 3.63) is 111 Å². The molecular formula is C25H24N4O3S. The first-order valence-electron chi connectivity index (χ1n) is 10.5. The highest BCUT2D eigenvalue weighted by atomic mass is 32.2. The van der Waals surface area contributed by atoms with E-state index in [9.17, 15) is 10.1 Å². The normalized spacial score (nSPS) is 11.8. The molecule has 0 bridgehead atoms. The second kappa shape index (κ2) is 10.3. The van der Waals surface area contributed by atoms with Gasteiger partial charge in [0.2, 0.25) is 6.54 Å². The molecule has 0 saturated heterocycles. The summed E-state index contributed by atoms with van der Waals surface area (Å²) in [7, 11) is 0. The van der Waals surface area contributed by atoms with Crippen LogP contribution in [0.2, 0.25) is 0 Å². The van der Waals surface area contributed by atoms with Gasteiger partial charge in [-0.2, -0.15) is 0 Å². The molecule has 0 fully saturated rings. The summed E-state index contributed by atoms with van der Waals surface area (Å²) < 4.78 is 7.78. The third-order valence-corrected chi connectivity index (χ3v) is 6.30. The number of aromatic nitrogens is 3. The Labute approximate surface area is 196 Å². The predicted octanol–water partition coefficient (Wildman–Crippen LogP) is 5.57. The van der Waals surface area contributed by atoms with Gasteiger partial charge in [-0.25, -0.2) is 0 Å². The molecule has 1 heterocycles. The van der Waals surface area contributed by atoms with Gasteiger partial charge >= 0.3 is 0 Å². The van der Waals surface area contributed by atoms with E-state index in [2.05, 4.69) is 10.2 Å². The van der Waals surface area contributed by atoms with Crippen molar-refractivity contribution in [3.8, 4) is 11.4 Å². The molecule has 0 aliphatic carbocycles. The van der Waals surface area contributed by atoms with Gasteiger partial charge in [-0.05, 0) is 54.8 Å². The van der Waals surface area contributed by atoms with Crippen LogP contribution >= 0.6 is 11.8 Å². The van der Waals surface area contributed by atoms with E-state index in [-0.39, 0.29) is 11.5 Å². The van der Waals surface area contributed by atoms with Crippen molar-refractivity contribution in [2.24, 2.45) is 0 Å². The second-order valence-electron chi connectivity index (χ2n) is 7.67. The molecule has 168 valence electrons. The van der Waals surface area contributed by atoms with Crippen molar-refractivity contribution >= 4 is 11.8 Å². The van der Waals surface area contributed by atoms with Gasteiger partial charge in [-0.15, -0.1) is 10.2 Å². The van der Waals surface area contributed by atoms with E-state index in [0.29, 0.717) is 17.5 Å². The highest BCUT2D eigenvalue weighted by Crippen LogP contribution is 2.36. The highest BCUT2D eigenvalue weighted by molar-refractivity contribution is 7.99. The monoisotopic (exact) mass is 460 g/mol. The summed E-state index contributed by atoms with van der Waals surface area (Å²) in [6.45, 7) is 4.13. The van der Waals surface area contributed by atoms with Gasteiger partial charge in [0.25, 0.3) is 0 Å². The Morgan fingerprint density at radius 1 is 1.00 bits per heavy atom. The standard InChI is InChI=1S/C25H24N4O3S/c1-18-7-6-10-22(15-18)29-19(2)26-27-25(29)33-24(16-28(30)31)21-11-13-23(14-12-21)32-17-20-8-4-3-5-9-20/h3-15,24H,16-17H2,1-2H3/t24-/m0/s1. The number of hydrogen-bond donors (Lipinski definition) is 0.